The van der Waals surface area contributed by atoms with Gasteiger partial charge in [0.05, 0.1) is 10.8 Å². The SMILES string of the molecule is Cc1cc(Oc2c(C(F)(F)F)oc3cc(OC(=O)C(C)(C)C)ccc3c2=O)cc(C)c1Cl. The summed E-state index contributed by atoms with van der Waals surface area (Å²) in [7, 11) is 0. The first kappa shape index (κ1) is 23.7. The van der Waals surface area contributed by atoms with Crippen molar-refractivity contribution in [2.75, 3.05) is 0 Å². The van der Waals surface area contributed by atoms with E-state index in [4.69, 9.17) is 25.5 Å². The van der Waals surface area contributed by atoms with Gasteiger partial charge in [-0.2, -0.15) is 13.2 Å². The van der Waals surface area contributed by atoms with Gasteiger partial charge in [-0.15, -0.1) is 0 Å². The van der Waals surface area contributed by atoms with Crippen molar-refractivity contribution in [3.63, 3.8) is 0 Å². The zero-order chi connectivity index (χ0) is 24.0. The molecule has 3 aromatic rings. The second-order valence-electron chi connectivity index (χ2n) is 8.36. The molecule has 9 heteroatoms. The van der Waals surface area contributed by atoms with Gasteiger partial charge in [0.15, 0.2) is 0 Å². The van der Waals surface area contributed by atoms with Crippen molar-refractivity contribution in [1.82, 2.24) is 0 Å². The number of aryl methyl sites for hydroxylation is 2. The van der Waals surface area contributed by atoms with Crippen LogP contribution in [-0.4, -0.2) is 5.97 Å². The average molecular weight is 469 g/mol. The average Bonchev–Trinajstić information content (AvgIpc) is 2.66. The molecule has 1 aromatic heterocycles. The van der Waals surface area contributed by atoms with Gasteiger partial charge in [-0.1, -0.05) is 11.6 Å². The standard InChI is InChI=1S/C23H20ClF3O5/c1-11-8-14(9-12(2)17(11)24)30-19-18(28)15-7-6-13(31-21(29)22(3,4)5)10-16(15)32-20(19)23(25,26)27/h6-10H,1-5H3. The molecule has 0 N–H and O–H groups in total. The normalized spacial score (nSPS) is 12.2. The molecule has 0 saturated heterocycles. The number of benzene rings is 2. The lowest BCUT2D eigenvalue weighted by atomic mass is 9.97. The Morgan fingerprint density at radius 1 is 1.00 bits per heavy atom. The predicted molar refractivity (Wildman–Crippen MR) is 114 cm³/mol. The predicted octanol–water partition coefficient (Wildman–Crippen LogP) is 6.83. The highest BCUT2D eigenvalue weighted by atomic mass is 35.5. The molecule has 5 nitrogen and oxygen atoms in total. The Morgan fingerprint density at radius 3 is 2.12 bits per heavy atom. The summed E-state index contributed by atoms with van der Waals surface area (Å²) in [6.45, 7) is 8.21. The minimum atomic E-state index is -5.02. The number of alkyl halides is 3. The summed E-state index contributed by atoms with van der Waals surface area (Å²) in [6, 6.07) is 6.44. The van der Waals surface area contributed by atoms with Crippen LogP contribution in [-0.2, 0) is 11.0 Å². The minimum Gasteiger partial charge on any atom is -0.449 e. The molecule has 3 rings (SSSR count). The molecule has 0 aliphatic rings. The Morgan fingerprint density at radius 2 is 1.59 bits per heavy atom. The van der Waals surface area contributed by atoms with Crippen LogP contribution in [0.25, 0.3) is 11.0 Å². The lowest BCUT2D eigenvalue weighted by molar-refractivity contribution is -0.154. The molecule has 32 heavy (non-hydrogen) atoms. The van der Waals surface area contributed by atoms with E-state index in [1.165, 1.54) is 24.3 Å². The van der Waals surface area contributed by atoms with E-state index in [2.05, 4.69) is 0 Å². The molecule has 0 fully saturated rings. The summed E-state index contributed by atoms with van der Waals surface area (Å²) < 4.78 is 56.8. The summed E-state index contributed by atoms with van der Waals surface area (Å²) in [5, 5.41) is 0.280. The van der Waals surface area contributed by atoms with E-state index in [-0.39, 0.29) is 16.9 Å². The molecule has 0 radical (unpaired) electrons. The van der Waals surface area contributed by atoms with Crippen LogP contribution in [0, 0.1) is 19.3 Å². The smallest absolute Gasteiger partial charge is 0.449 e. The Balaban J connectivity index is 2.15. The number of esters is 1. The van der Waals surface area contributed by atoms with Crippen molar-refractivity contribution in [1.29, 1.82) is 0 Å². The molecule has 0 unspecified atom stereocenters. The topological polar surface area (TPSA) is 65.7 Å². The number of fused-ring (bicyclic) bond motifs is 1. The number of carbonyl (C=O) groups excluding carboxylic acids is 1. The molecule has 0 aliphatic heterocycles. The molecule has 0 atom stereocenters. The Labute approximate surface area is 186 Å². The van der Waals surface area contributed by atoms with Crippen LogP contribution in [0.5, 0.6) is 17.2 Å². The number of ether oxygens (including phenoxy) is 2. The molecule has 0 saturated carbocycles. The molecule has 2 aromatic carbocycles. The van der Waals surface area contributed by atoms with Crippen LogP contribution < -0.4 is 14.9 Å². The van der Waals surface area contributed by atoms with Crippen LogP contribution in [0.15, 0.2) is 39.5 Å². The van der Waals surface area contributed by atoms with Gasteiger partial charge in [0.1, 0.15) is 17.1 Å². The molecule has 0 bridgehead atoms. The number of hydrogen-bond donors (Lipinski definition) is 0. The first-order chi connectivity index (χ1) is 14.7. The quantitative estimate of drug-likeness (QED) is 0.311. The molecule has 1 heterocycles. The third-order valence-electron chi connectivity index (χ3n) is 4.53. The third-order valence-corrected chi connectivity index (χ3v) is 5.13. The van der Waals surface area contributed by atoms with Gasteiger partial charge >= 0.3 is 12.1 Å². The summed E-state index contributed by atoms with van der Waals surface area (Å²) in [4.78, 5) is 25.0. The van der Waals surface area contributed by atoms with E-state index in [1.54, 1.807) is 34.6 Å². The Bertz CT molecular complexity index is 1250. The van der Waals surface area contributed by atoms with Crippen molar-refractivity contribution < 1.29 is 31.9 Å². The highest BCUT2D eigenvalue weighted by molar-refractivity contribution is 6.32. The van der Waals surface area contributed by atoms with Crippen molar-refractivity contribution in [2.24, 2.45) is 5.41 Å². The fourth-order valence-corrected chi connectivity index (χ4v) is 2.95. The lowest BCUT2D eigenvalue weighted by Gasteiger charge is -2.17. The molecule has 170 valence electrons. The van der Waals surface area contributed by atoms with E-state index >= 15 is 0 Å². The van der Waals surface area contributed by atoms with E-state index in [9.17, 15) is 22.8 Å². The molecular weight excluding hydrogens is 449 g/mol. The van der Waals surface area contributed by atoms with Crippen LogP contribution in [0.4, 0.5) is 13.2 Å². The van der Waals surface area contributed by atoms with Crippen LogP contribution >= 0.6 is 11.6 Å². The van der Waals surface area contributed by atoms with Gasteiger partial charge < -0.3 is 13.9 Å². The van der Waals surface area contributed by atoms with Gasteiger partial charge in [0.2, 0.25) is 11.2 Å². The van der Waals surface area contributed by atoms with Gasteiger partial charge in [-0.05, 0) is 70.0 Å². The number of carbonyl (C=O) groups is 1. The van der Waals surface area contributed by atoms with Crippen LogP contribution in [0.3, 0.4) is 0 Å². The zero-order valence-corrected chi connectivity index (χ0v) is 18.7. The molecule has 0 spiro atoms. The lowest BCUT2D eigenvalue weighted by Crippen LogP contribution is -2.25. The molecular formula is C23H20ClF3O5. The van der Waals surface area contributed by atoms with Crippen molar-refractivity contribution in [2.45, 2.75) is 40.8 Å². The summed E-state index contributed by atoms with van der Waals surface area (Å²) >= 11 is 6.09. The maximum atomic E-state index is 13.7. The molecule has 0 amide bonds. The van der Waals surface area contributed by atoms with E-state index in [0.29, 0.717) is 16.1 Å². The largest absolute Gasteiger partial charge is 0.453 e. The van der Waals surface area contributed by atoms with Crippen molar-refractivity contribution in [3.05, 3.63) is 62.5 Å². The highest BCUT2D eigenvalue weighted by Crippen LogP contribution is 2.39. The van der Waals surface area contributed by atoms with Gasteiger partial charge in [0.25, 0.3) is 5.76 Å². The fraction of sp³-hybridized carbons (Fsp3) is 0.304. The Hall–Kier alpha value is -3.00. The number of halogens is 4. The monoisotopic (exact) mass is 468 g/mol. The van der Waals surface area contributed by atoms with Crippen molar-refractivity contribution in [3.8, 4) is 17.2 Å². The van der Waals surface area contributed by atoms with Crippen molar-refractivity contribution >= 4 is 28.5 Å². The third kappa shape index (κ3) is 4.75. The second kappa shape index (κ2) is 8.16. The Kier molecular flexibility index (Phi) is 6.04. The van der Waals surface area contributed by atoms with Crippen LogP contribution in [0.1, 0.15) is 37.7 Å². The summed E-state index contributed by atoms with van der Waals surface area (Å²) in [5.74, 6) is -3.22. The van der Waals surface area contributed by atoms with Gasteiger partial charge in [-0.3, -0.25) is 9.59 Å². The highest BCUT2D eigenvalue weighted by Gasteiger charge is 2.40. The minimum absolute atomic E-state index is 0.0114. The summed E-state index contributed by atoms with van der Waals surface area (Å²) in [6.07, 6.45) is -5.02. The fourth-order valence-electron chi connectivity index (χ4n) is 2.84. The van der Waals surface area contributed by atoms with Crippen LogP contribution in [0.2, 0.25) is 5.02 Å². The first-order valence-electron chi connectivity index (χ1n) is 9.53. The summed E-state index contributed by atoms with van der Waals surface area (Å²) in [5.41, 5.74) is -1.09. The second-order valence-corrected chi connectivity index (χ2v) is 8.74. The van der Waals surface area contributed by atoms with E-state index in [1.807, 2.05) is 0 Å². The zero-order valence-electron chi connectivity index (χ0n) is 17.9. The number of hydrogen-bond acceptors (Lipinski definition) is 5. The maximum Gasteiger partial charge on any atom is 0.453 e. The molecule has 0 aliphatic carbocycles. The van der Waals surface area contributed by atoms with E-state index in [0.717, 1.165) is 6.07 Å². The van der Waals surface area contributed by atoms with Gasteiger partial charge in [0, 0.05) is 11.1 Å². The number of rotatable bonds is 3. The van der Waals surface area contributed by atoms with E-state index < -0.39 is 40.1 Å². The first-order valence-corrected chi connectivity index (χ1v) is 9.91. The maximum absolute atomic E-state index is 13.7. The van der Waals surface area contributed by atoms with Gasteiger partial charge in [-0.25, -0.2) is 0 Å².